The Morgan fingerprint density at radius 1 is 1.56 bits per heavy atom. The Bertz CT molecular complexity index is 410. The number of carbonyl (C=O) groups excluding carboxylic acids is 1. The van der Waals surface area contributed by atoms with Crippen molar-refractivity contribution in [2.24, 2.45) is 0 Å². The molecule has 0 fully saturated rings. The number of nitrogens with one attached hydrogen (secondary N) is 1. The summed E-state index contributed by atoms with van der Waals surface area (Å²) in [5, 5.41) is 11.8. The van der Waals surface area contributed by atoms with Gasteiger partial charge in [0, 0.05) is 19.8 Å². The topological polar surface area (TPSA) is 91.8 Å². The summed E-state index contributed by atoms with van der Waals surface area (Å²) in [4.78, 5) is 31.4. The van der Waals surface area contributed by atoms with Crippen LogP contribution < -0.4 is 5.32 Å². The summed E-state index contributed by atoms with van der Waals surface area (Å²) in [5.74, 6) is -1.09. The van der Waals surface area contributed by atoms with Crippen LogP contribution in [0.25, 0.3) is 0 Å². The maximum atomic E-state index is 12.0. The summed E-state index contributed by atoms with van der Waals surface area (Å²) in [6.45, 7) is -0.0567. The Hall–Kier alpha value is -2.15. The Kier molecular flexibility index (Phi) is 5.06. The van der Waals surface area contributed by atoms with Gasteiger partial charge in [-0.3, -0.25) is 14.6 Å². The Morgan fingerprint density at radius 2 is 2.28 bits per heavy atom. The average molecular weight is 253 g/mol. The molecule has 0 aliphatic heterocycles. The van der Waals surface area contributed by atoms with Crippen LogP contribution in [0.15, 0.2) is 24.4 Å². The predicted molar refractivity (Wildman–Crippen MR) is 62.8 cm³/mol. The standard InChI is InChI=1S/C11H15N3O4/c1-14(18-2)10(15)8(7-13-11(16)17)9-5-3-4-6-12-9/h3-6,8,13H,7H2,1-2H3,(H,16,17)/t8-/m1/s1. The molecule has 7 heteroatoms. The van der Waals surface area contributed by atoms with Gasteiger partial charge in [0.05, 0.1) is 18.7 Å². The van der Waals surface area contributed by atoms with E-state index >= 15 is 0 Å². The van der Waals surface area contributed by atoms with Crippen LogP contribution in [0.5, 0.6) is 0 Å². The van der Waals surface area contributed by atoms with Crippen molar-refractivity contribution in [3.05, 3.63) is 30.1 Å². The molecule has 0 unspecified atom stereocenters. The third kappa shape index (κ3) is 3.70. The van der Waals surface area contributed by atoms with Gasteiger partial charge in [0.15, 0.2) is 0 Å². The van der Waals surface area contributed by atoms with Crippen LogP contribution in [0.4, 0.5) is 4.79 Å². The number of hydrogen-bond donors (Lipinski definition) is 2. The van der Waals surface area contributed by atoms with E-state index in [4.69, 9.17) is 9.94 Å². The number of carboxylic acid groups (broad SMARTS) is 1. The molecule has 0 saturated carbocycles. The van der Waals surface area contributed by atoms with Crippen molar-refractivity contribution >= 4 is 12.0 Å². The third-order valence-corrected chi connectivity index (χ3v) is 2.38. The van der Waals surface area contributed by atoms with Gasteiger partial charge < -0.3 is 10.4 Å². The minimum absolute atomic E-state index is 0.0567. The molecule has 0 radical (unpaired) electrons. The van der Waals surface area contributed by atoms with Gasteiger partial charge in [0.25, 0.3) is 5.91 Å². The van der Waals surface area contributed by atoms with E-state index in [0.29, 0.717) is 5.69 Å². The second-order valence-corrected chi connectivity index (χ2v) is 3.51. The fourth-order valence-corrected chi connectivity index (χ4v) is 1.40. The van der Waals surface area contributed by atoms with Crippen LogP contribution in [-0.2, 0) is 9.63 Å². The number of aromatic nitrogens is 1. The van der Waals surface area contributed by atoms with Gasteiger partial charge in [-0.1, -0.05) is 6.07 Å². The van der Waals surface area contributed by atoms with Crippen molar-refractivity contribution in [2.45, 2.75) is 5.92 Å². The van der Waals surface area contributed by atoms with Crippen molar-refractivity contribution < 1.29 is 19.5 Å². The molecule has 0 bridgehead atoms. The van der Waals surface area contributed by atoms with E-state index in [1.807, 2.05) is 0 Å². The van der Waals surface area contributed by atoms with Crippen molar-refractivity contribution in [1.82, 2.24) is 15.4 Å². The minimum atomic E-state index is -1.19. The SMILES string of the molecule is CON(C)C(=O)[C@H](CNC(=O)O)c1ccccn1. The summed E-state index contributed by atoms with van der Waals surface area (Å²) in [7, 11) is 2.82. The Labute approximate surface area is 104 Å². The summed E-state index contributed by atoms with van der Waals surface area (Å²) in [5.41, 5.74) is 0.486. The third-order valence-electron chi connectivity index (χ3n) is 2.38. The van der Waals surface area contributed by atoms with E-state index < -0.39 is 12.0 Å². The molecular formula is C11H15N3O4. The summed E-state index contributed by atoms with van der Waals surface area (Å²) < 4.78 is 0. The number of pyridine rings is 1. The quantitative estimate of drug-likeness (QED) is 0.743. The molecule has 0 aromatic carbocycles. The zero-order valence-corrected chi connectivity index (χ0v) is 10.2. The first-order valence-corrected chi connectivity index (χ1v) is 5.25. The van der Waals surface area contributed by atoms with E-state index in [1.54, 1.807) is 24.4 Å². The fourth-order valence-electron chi connectivity index (χ4n) is 1.40. The molecule has 0 aliphatic rings. The molecule has 1 aromatic heterocycles. The van der Waals surface area contributed by atoms with E-state index in [-0.39, 0.29) is 12.5 Å². The maximum absolute atomic E-state index is 12.0. The van der Waals surface area contributed by atoms with Gasteiger partial charge in [-0.2, -0.15) is 0 Å². The molecule has 1 atom stereocenters. The predicted octanol–water partition coefficient (Wildman–Crippen LogP) is 0.453. The molecular weight excluding hydrogens is 238 g/mol. The molecule has 1 rings (SSSR count). The second-order valence-electron chi connectivity index (χ2n) is 3.51. The van der Waals surface area contributed by atoms with E-state index in [9.17, 15) is 9.59 Å². The number of nitrogens with zero attached hydrogens (tertiary/aromatic N) is 2. The molecule has 2 N–H and O–H groups in total. The van der Waals surface area contributed by atoms with Gasteiger partial charge >= 0.3 is 6.09 Å². The average Bonchev–Trinajstić information content (AvgIpc) is 2.38. The van der Waals surface area contributed by atoms with Crippen LogP contribution >= 0.6 is 0 Å². The molecule has 18 heavy (non-hydrogen) atoms. The number of rotatable bonds is 5. The zero-order valence-electron chi connectivity index (χ0n) is 10.2. The summed E-state index contributed by atoms with van der Waals surface area (Å²) >= 11 is 0. The van der Waals surface area contributed by atoms with Crippen LogP contribution in [0.2, 0.25) is 0 Å². The highest BCUT2D eigenvalue weighted by molar-refractivity contribution is 5.83. The molecule has 0 aliphatic carbocycles. The van der Waals surface area contributed by atoms with Crippen LogP contribution in [-0.4, -0.2) is 47.9 Å². The highest BCUT2D eigenvalue weighted by atomic mass is 16.7. The normalized spacial score (nSPS) is 11.7. The zero-order chi connectivity index (χ0) is 13.5. The number of likely N-dealkylation sites (N-methyl/N-ethyl adjacent to an activating group) is 1. The molecule has 7 nitrogen and oxygen atoms in total. The fraction of sp³-hybridized carbons (Fsp3) is 0.364. The van der Waals surface area contributed by atoms with Crippen molar-refractivity contribution in [3.8, 4) is 0 Å². The van der Waals surface area contributed by atoms with Gasteiger partial charge in [-0.25, -0.2) is 9.86 Å². The highest BCUT2D eigenvalue weighted by Crippen LogP contribution is 2.14. The van der Waals surface area contributed by atoms with Gasteiger partial charge in [0.1, 0.15) is 0 Å². The lowest BCUT2D eigenvalue weighted by Crippen LogP contribution is -2.38. The summed E-state index contributed by atoms with van der Waals surface area (Å²) in [6.07, 6.45) is 0.354. The lowest BCUT2D eigenvalue weighted by Gasteiger charge is -2.21. The van der Waals surface area contributed by atoms with E-state index in [1.165, 1.54) is 14.2 Å². The first-order valence-electron chi connectivity index (χ1n) is 5.25. The molecule has 0 saturated heterocycles. The number of amides is 2. The largest absolute Gasteiger partial charge is 0.465 e. The van der Waals surface area contributed by atoms with Gasteiger partial charge in [-0.05, 0) is 12.1 Å². The maximum Gasteiger partial charge on any atom is 0.404 e. The number of hydrogen-bond acceptors (Lipinski definition) is 4. The van der Waals surface area contributed by atoms with Gasteiger partial charge in [-0.15, -0.1) is 0 Å². The van der Waals surface area contributed by atoms with E-state index in [0.717, 1.165) is 5.06 Å². The minimum Gasteiger partial charge on any atom is -0.465 e. The van der Waals surface area contributed by atoms with E-state index in [2.05, 4.69) is 10.3 Å². The Morgan fingerprint density at radius 3 is 2.78 bits per heavy atom. The Balaban J connectivity index is 2.88. The number of carbonyl (C=O) groups is 2. The highest BCUT2D eigenvalue weighted by Gasteiger charge is 2.25. The first-order chi connectivity index (χ1) is 8.56. The molecule has 0 spiro atoms. The van der Waals surface area contributed by atoms with Crippen LogP contribution in [0.3, 0.4) is 0 Å². The van der Waals surface area contributed by atoms with Crippen molar-refractivity contribution in [3.63, 3.8) is 0 Å². The first kappa shape index (κ1) is 13.9. The van der Waals surface area contributed by atoms with Crippen LogP contribution in [0, 0.1) is 0 Å². The van der Waals surface area contributed by atoms with Crippen molar-refractivity contribution in [2.75, 3.05) is 20.7 Å². The lowest BCUT2D eigenvalue weighted by molar-refractivity contribution is -0.170. The molecule has 1 aromatic rings. The smallest absolute Gasteiger partial charge is 0.404 e. The molecule has 1 heterocycles. The monoisotopic (exact) mass is 253 g/mol. The second kappa shape index (κ2) is 6.55. The molecule has 2 amide bonds. The van der Waals surface area contributed by atoms with Crippen LogP contribution in [0.1, 0.15) is 11.6 Å². The summed E-state index contributed by atoms with van der Waals surface area (Å²) in [6, 6.07) is 5.11. The van der Waals surface area contributed by atoms with Crippen molar-refractivity contribution in [1.29, 1.82) is 0 Å². The number of hydroxylamine groups is 2. The lowest BCUT2D eigenvalue weighted by atomic mass is 10.0. The molecule has 98 valence electrons. The van der Waals surface area contributed by atoms with Gasteiger partial charge in [0.2, 0.25) is 0 Å².